The van der Waals surface area contributed by atoms with Crippen molar-refractivity contribution in [3.05, 3.63) is 18.2 Å². The molecule has 1 atom stereocenters. The van der Waals surface area contributed by atoms with Crippen LogP contribution in [0.4, 0.5) is 0 Å². The number of carboxylic acid groups (broad SMARTS) is 1. The summed E-state index contributed by atoms with van der Waals surface area (Å²) in [5.41, 5.74) is 0. The van der Waals surface area contributed by atoms with Gasteiger partial charge in [0.25, 0.3) is 0 Å². The molecule has 3 N–H and O–H groups in total. The largest absolute Gasteiger partial charge is 0.497 e. The second-order valence-electron chi connectivity index (χ2n) is 4.06. The van der Waals surface area contributed by atoms with Crippen molar-refractivity contribution in [2.24, 2.45) is 0 Å². The number of ether oxygens (including phenoxy) is 2. The zero-order valence-corrected chi connectivity index (χ0v) is 12.4. The highest BCUT2D eigenvalue weighted by molar-refractivity contribution is 7.89. The van der Waals surface area contributed by atoms with Crippen molar-refractivity contribution in [2.45, 2.75) is 17.4 Å². The summed E-state index contributed by atoms with van der Waals surface area (Å²) in [4.78, 5) is 10.3. The molecule has 0 heterocycles. The lowest BCUT2D eigenvalue weighted by Crippen LogP contribution is -2.30. The molecule has 8 nitrogen and oxygen atoms in total. The highest BCUT2D eigenvalue weighted by Crippen LogP contribution is 2.28. The molecule has 9 heteroatoms. The number of hydrogen-bond acceptors (Lipinski definition) is 6. The first-order valence-corrected chi connectivity index (χ1v) is 7.42. The minimum atomic E-state index is -3.88. The molecule has 21 heavy (non-hydrogen) atoms. The molecule has 0 spiro atoms. The third-order valence-corrected chi connectivity index (χ3v) is 4.16. The summed E-state index contributed by atoms with van der Waals surface area (Å²) >= 11 is 0. The van der Waals surface area contributed by atoms with Crippen molar-refractivity contribution >= 4 is 16.0 Å². The molecular weight excluding hydrogens is 302 g/mol. The molecule has 0 saturated heterocycles. The predicted molar refractivity (Wildman–Crippen MR) is 73.0 cm³/mol. The lowest BCUT2D eigenvalue weighted by Gasteiger charge is -2.12. The van der Waals surface area contributed by atoms with Crippen LogP contribution in [0.5, 0.6) is 11.5 Å². The molecule has 1 aromatic carbocycles. The van der Waals surface area contributed by atoms with E-state index >= 15 is 0 Å². The number of hydrogen-bond donors (Lipinski definition) is 3. The van der Waals surface area contributed by atoms with E-state index in [2.05, 4.69) is 4.72 Å². The first-order chi connectivity index (χ1) is 9.81. The van der Waals surface area contributed by atoms with Crippen LogP contribution in [0.25, 0.3) is 0 Å². The van der Waals surface area contributed by atoms with Crippen LogP contribution in [0.1, 0.15) is 6.42 Å². The van der Waals surface area contributed by atoms with Gasteiger partial charge in [-0.2, -0.15) is 0 Å². The standard InChI is InChI=1S/C12H17NO7S/c1-19-8-3-4-11(10(7-8)20-2)21(17,18)13-6-5-9(14)12(15)16/h3-4,7,9,13-14H,5-6H2,1-2H3,(H,15,16)/t9-/m0/s1. The van der Waals surface area contributed by atoms with E-state index < -0.39 is 22.1 Å². The van der Waals surface area contributed by atoms with E-state index in [9.17, 15) is 13.2 Å². The van der Waals surface area contributed by atoms with Crippen LogP contribution in [0.2, 0.25) is 0 Å². The van der Waals surface area contributed by atoms with E-state index in [1.165, 1.54) is 32.4 Å². The van der Waals surface area contributed by atoms with Gasteiger partial charge in [0.15, 0.2) is 6.10 Å². The Labute approximate surface area is 122 Å². The Hall–Kier alpha value is -1.84. The monoisotopic (exact) mass is 319 g/mol. The summed E-state index contributed by atoms with van der Waals surface area (Å²) in [5, 5.41) is 17.6. The Morgan fingerprint density at radius 1 is 1.33 bits per heavy atom. The molecule has 1 rings (SSSR count). The fourth-order valence-electron chi connectivity index (χ4n) is 1.53. The summed E-state index contributed by atoms with van der Waals surface area (Å²) in [6, 6.07) is 4.19. The quantitative estimate of drug-likeness (QED) is 0.607. The summed E-state index contributed by atoms with van der Waals surface area (Å²) < 4.78 is 36.4. The normalized spacial score (nSPS) is 12.7. The zero-order chi connectivity index (χ0) is 16.0. The summed E-state index contributed by atoms with van der Waals surface area (Å²) in [6.07, 6.45) is -1.86. The average Bonchev–Trinajstić information content (AvgIpc) is 2.45. The second kappa shape index (κ2) is 7.25. The van der Waals surface area contributed by atoms with Gasteiger partial charge in [-0.25, -0.2) is 17.9 Å². The van der Waals surface area contributed by atoms with Crippen molar-refractivity contribution in [3.8, 4) is 11.5 Å². The third-order valence-electron chi connectivity index (χ3n) is 2.66. The molecule has 0 aliphatic rings. The lowest BCUT2D eigenvalue weighted by atomic mass is 10.3. The number of nitrogens with one attached hydrogen (secondary N) is 1. The number of benzene rings is 1. The Kier molecular flexibility index (Phi) is 5.94. The minimum Gasteiger partial charge on any atom is -0.497 e. The van der Waals surface area contributed by atoms with Crippen LogP contribution < -0.4 is 14.2 Å². The summed E-state index contributed by atoms with van der Waals surface area (Å²) in [5.74, 6) is -0.871. The van der Waals surface area contributed by atoms with Gasteiger partial charge in [0.05, 0.1) is 14.2 Å². The maximum Gasteiger partial charge on any atom is 0.332 e. The van der Waals surface area contributed by atoms with E-state index in [0.29, 0.717) is 5.75 Å². The molecule has 118 valence electrons. The van der Waals surface area contributed by atoms with E-state index in [1.807, 2.05) is 0 Å². The summed E-state index contributed by atoms with van der Waals surface area (Å²) in [6.45, 7) is -0.217. The maximum atomic E-state index is 12.1. The van der Waals surface area contributed by atoms with E-state index in [0.717, 1.165) is 0 Å². The molecule has 0 unspecified atom stereocenters. The van der Waals surface area contributed by atoms with Gasteiger partial charge in [-0.15, -0.1) is 0 Å². The number of carbonyl (C=O) groups is 1. The number of aliphatic hydroxyl groups excluding tert-OH is 1. The average molecular weight is 319 g/mol. The molecule has 0 aliphatic carbocycles. The SMILES string of the molecule is COc1ccc(S(=O)(=O)NCC[C@H](O)C(=O)O)c(OC)c1. The number of aliphatic hydroxyl groups is 1. The van der Waals surface area contributed by atoms with Crippen LogP contribution in [0.3, 0.4) is 0 Å². The first-order valence-electron chi connectivity index (χ1n) is 5.94. The third kappa shape index (κ3) is 4.59. The molecule has 0 fully saturated rings. The van der Waals surface area contributed by atoms with Gasteiger partial charge in [0, 0.05) is 12.6 Å². The van der Waals surface area contributed by atoms with Gasteiger partial charge >= 0.3 is 5.97 Å². The number of methoxy groups -OCH3 is 2. The molecule has 0 aliphatic heterocycles. The fourth-order valence-corrected chi connectivity index (χ4v) is 2.72. The van der Waals surface area contributed by atoms with Crippen molar-refractivity contribution in [3.63, 3.8) is 0 Å². The van der Waals surface area contributed by atoms with Crippen LogP contribution in [0.15, 0.2) is 23.1 Å². The number of aliphatic carboxylic acids is 1. The highest BCUT2D eigenvalue weighted by atomic mass is 32.2. The van der Waals surface area contributed by atoms with Crippen molar-refractivity contribution < 1.29 is 32.9 Å². The second-order valence-corrected chi connectivity index (χ2v) is 5.79. The molecule has 1 aromatic rings. The van der Waals surface area contributed by atoms with Crippen LogP contribution >= 0.6 is 0 Å². The van der Waals surface area contributed by atoms with Crippen molar-refractivity contribution in [1.82, 2.24) is 4.72 Å². The maximum absolute atomic E-state index is 12.1. The van der Waals surface area contributed by atoms with Crippen molar-refractivity contribution in [1.29, 1.82) is 0 Å². The van der Waals surface area contributed by atoms with Gasteiger partial charge in [0.1, 0.15) is 16.4 Å². The van der Waals surface area contributed by atoms with Crippen LogP contribution in [-0.2, 0) is 14.8 Å². The van der Waals surface area contributed by atoms with Gasteiger partial charge in [0.2, 0.25) is 10.0 Å². The molecule has 0 radical (unpaired) electrons. The smallest absolute Gasteiger partial charge is 0.332 e. The highest BCUT2D eigenvalue weighted by Gasteiger charge is 2.21. The molecule has 0 saturated carbocycles. The Morgan fingerprint density at radius 2 is 2.00 bits per heavy atom. The Bertz CT molecular complexity index is 600. The molecule has 0 amide bonds. The minimum absolute atomic E-state index is 0.0978. The molecule has 0 bridgehead atoms. The van der Waals surface area contributed by atoms with Crippen molar-refractivity contribution in [2.75, 3.05) is 20.8 Å². The summed E-state index contributed by atoms with van der Waals surface area (Å²) in [7, 11) is -1.12. The van der Waals surface area contributed by atoms with Crippen LogP contribution in [-0.4, -0.2) is 51.5 Å². The Morgan fingerprint density at radius 3 is 2.52 bits per heavy atom. The number of rotatable bonds is 8. The van der Waals surface area contributed by atoms with Gasteiger partial charge in [-0.3, -0.25) is 0 Å². The predicted octanol–water partition coefficient (Wildman–Crippen LogP) is -0.182. The molecule has 0 aromatic heterocycles. The van der Waals surface area contributed by atoms with Gasteiger partial charge in [-0.05, 0) is 18.6 Å². The van der Waals surface area contributed by atoms with Crippen LogP contribution in [0, 0.1) is 0 Å². The number of sulfonamides is 1. The van der Waals surface area contributed by atoms with Gasteiger partial charge in [-0.1, -0.05) is 0 Å². The Balaban J connectivity index is 2.85. The topological polar surface area (TPSA) is 122 Å². The number of carboxylic acids is 1. The fraction of sp³-hybridized carbons (Fsp3) is 0.417. The zero-order valence-electron chi connectivity index (χ0n) is 11.6. The molecular formula is C12H17NO7S. The van der Waals surface area contributed by atoms with E-state index in [4.69, 9.17) is 19.7 Å². The van der Waals surface area contributed by atoms with Gasteiger partial charge < -0.3 is 19.7 Å². The first kappa shape index (κ1) is 17.2. The van der Waals surface area contributed by atoms with E-state index in [-0.39, 0.29) is 23.6 Å². The lowest BCUT2D eigenvalue weighted by molar-refractivity contribution is -0.146. The van der Waals surface area contributed by atoms with E-state index in [1.54, 1.807) is 0 Å².